The fourth-order valence-electron chi connectivity index (χ4n) is 1.94. The van der Waals surface area contributed by atoms with E-state index >= 15 is 0 Å². The Morgan fingerprint density at radius 3 is 2.36 bits per heavy atom. The van der Waals surface area contributed by atoms with Gasteiger partial charge in [-0.15, -0.1) is 0 Å². The summed E-state index contributed by atoms with van der Waals surface area (Å²) >= 11 is 0. The smallest absolute Gasteiger partial charge is 0.308 e. The molecule has 0 heterocycles. The first-order valence-corrected chi connectivity index (χ1v) is 7.42. The van der Waals surface area contributed by atoms with Crippen molar-refractivity contribution in [2.24, 2.45) is 5.92 Å². The summed E-state index contributed by atoms with van der Waals surface area (Å²) in [4.78, 5) is 22.7. The number of benzene rings is 1. The van der Waals surface area contributed by atoms with Crippen molar-refractivity contribution in [2.75, 3.05) is 19.8 Å². The van der Waals surface area contributed by atoms with Crippen molar-refractivity contribution in [3.63, 3.8) is 0 Å². The number of ether oxygens (including phenoxy) is 2. The van der Waals surface area contributed by atoms with E-state index in [2.05, 4.69) is 5.32 Å². The highest BCUT2D eigenvalue weighted by atomic mass is 16.5. The van der Waals surface area contributed by atoms with E-state index in [9.17, 15) is 9.59 Å². The Kier molecular flexibility index (Phi) is 7.81. The van der Waals surface area contributed by atoms with Gasteiger partial charge in [0.15, 0.2) is 18.1 Å². The molecule has 1 aromatic rings. The van der Waals surface area contributed by atoms with Crippen LogP contribution < -0.4 is 14.8 Å². The number of hydrogen-bond donors (Lipinski definition) is 2. The Labute approximate surface area is 130 Å². The van der Waals surface area contributed by atoms with Gasteiger partial charge in [-0.1, -0.05) is 25.5 Å². The lowest BCUT2D eigenvalue weighted by molar-refractivity contribution is -0.142. The van der Waals surface area contributed by atoms with E-state index in [1.165, 1.54) is 0 Å². The number of nitrogens with one attached hydrogen (secondary N) is 1. The van der Waals surface area contributed by atoms with Crippen molar-refractivity contribution >= 4 is 11.9 Å². The van der Waals surface area contributed by atoms with Gasteiger partial charge in [0, 0.05) is 6.54 Å². The SMILES string of the molecule is CCCC(CNC(=O)COc1ccccc1OCC)C(=O)O. The van der Waals surface area contributed by atoms with E-state index < -0.39 is 11.9 Å². The fourth-order valence-corrected chi connectivity index (χ4v) is 1.94. The number of hydrogen-bond acceptors (Lipinski definition) is 4. The molecule has 2 N–H and O–H groups in total. The van der Waals surface area contributed by atoms with Gasteiger partial charge in [-0.3, -0.25) is 9.59 Å². The van der Waals surface area contributed by atoms with Crippen molar-refractivity contribution in [3.8, 4) is 11.5 Å². The van der Waals surface area contributed by atoms with Gasteiger partial charge in [-0.05, 0) is 25.5 Å². The van der Waals surface area contributed by atoms with E-state index in [1.54, 1.807) is 18.2 Å². The summed E-state index contributed by atoms with van der Waals surface area (Å²) in [5, 5.41) is 11.6. The highest BCUT2D eigenvalue weighted by Crippen LogP contribution is 2.26. The Bertz CT molecular complexity index is 489. The van der Waals surface area contributed by atoms with Gasteiger partial charge >= 0.3 is 5.97 Å². The van der Waals surface area contributed by atoms with Crippen LogP contribution in [0.5, 0.6) is 11.5 Å². The maximum Gasteiger partial charge on any atom is 0.308 e. The molecule has 0 spiro atoms. The fraction of sp³-hybridized carbons (Fsp3) is 0.500. The zero-order chi connectivity index (χ0) is 16.4. The molecule has 1 unspecified atom stereocenters. The molecular formula is C16H23NO5. The predicted molar refractivity (Wildman–Crippen MR) is 82.1 cm³/mol. The molecule has 0 bridgehead atoms. The Balaban J connectivity index is 2.44. The number of aliphatic carboxylic acids is 1. The van der Waals surface area contributed by atoms with Crippen LogP contribution in [0.15, 0.2) is 24.3 Å². The van der Waals surface area contributed by atoms with Gasteiger partial charge in [-0.2, -0.15) is 0 Å². The van der Waals surface area contributed by atoms with Crippen molar-refractivity contribution in [1.29, 1.82) is 0 Å². The molecule has 6 nitrogen and oxygen atoms in total. The Hall–Kier alpha value is -2.24. The minimum atomic E-state index is -0.898. The van der Waals surface area contributed by atoms with E-state index in [0.717, 1.165) is 6.42 Å². The third-order valence-corrected chi connectivity index (χ3v) is 3.04. The number of carboxylic acid groups (broad SMARTS) is 1. The summed E-state index contributed by atoms with van der Waals surface area (Å²) in [5.41, 5.74) is 0. The van der Waals surface area contributed by atoms with Crippen LogP contribution in [0.1, 0.15) is 26.7 Å². The molecule has 0 fully saturated rings. The van der Waals surface area contributed by atoms with Crippen LogP contribution in [0.3, 0.4) is 0 Å². The summed E-state index contributed by atoms with van der Waals surface area (Å²) in [6.07, 6.45) is 1.29. The molecule has 1 rings (SSSR count). The van der Waals surface area contributed by atoms with E-state index in [-0.39, 0.29) is 19.1 Å². The molecule has 0 saturated heterocycles. The minimum absolute atomic E-state index is 0.110. The van der Waals surface area contributed by atoms with Crippen LogP contribution in [-0.2, 0) is 9.59 Å². The number of carbonyl (C=O) groups is 2. The second-order valence-electron chi connectivity index (χ2n) is 4.80. The molecule has 6 heteroatoms. The van der Waals surface area contributed by atoms with Gasteiger partial charge in [0.25, 0.3) is 5.91 Å². The normalized spacial score (nSPS) is 11.5. The van der Waals surface area contributed by atoms with Crippen molar-refractivity contribution in [2.45, 2.75) is 26.7 Å². The standard InChI is InChI=1S/C16H23NO5/c1-3-7-12(16(19)20)10-17-15(18)11-22-14-9-6-5-8-13(14)21-4-2/h5-6,8-9,12H,3-4,7,10-11H2,1-2H3,(H,17,18)(H,19,20). The van der Waals surface area contributed by atoms with Gasteiger partial charge in [0.2, 0.25) is 0 Å². The van der Waals surface area contributed by atoms with Crippen LogP contribution in [0, 0.1) is 5.92 Å². The second kappa shape index (κ2) is 9.65. The molecule has 1 atom stereocenters. The minimum Gasteiger partial charge on any atom is -0.490 e. The van der Waals surface area contributed by atoms with Crippen LogP contribution in [0.25, 0.3) is 0 Å². The first kappa shape index (κ1) is 17.8. The molecule has 0 radical (unpaired) electrons. The summed E-state index contributed by atoms with van der Waals surface area (Å²) in [7, 11) is 0. The summed E-state index contributed by atoms with van der Waals surface area (Å²) in [6, 6.07) is 7.09. The van der Waals surface area contributed by atoms with Crippen LogP contribution in [0.4, 0.5) is 0 Å². The predicted octanol–water partition coefficient (Wildman–Crippen LogP) is 2.08. The zero-order valence-corrected chi connectivity index (χ0v) is 13.0. The average Bonchev–Trinajstić information content (AvgIpc) is 2.50. The molecule has 122 valence electrons. The third-order valence-electron chi connectivity index (χ3n) is 3.04. The third kappa shape index (κ3) is 6.03. The topological polar surface area (TPSA) is 84.9 Å². The lowest BCUT2D eigenvalue weighted by Crippen LogP contribution is -2.35. The second-order valence-corrected chi connectivity index (χ2v) is 4.80. The molecule has 0 aliphatic heterocycles. The summed E-state index contributed by atoms with van der Waals surface area (Å²) in [5.74, 6) is -0.752. The highest BCUT2D eigenvalue weighted by Gasteiger charge is 2.17. The molecule has 1 aromatic carbocycles. The zero-order valence-electron chi connectivity index (χ0n) is 13.0. The van der Waals surface area contributed by atoms with Gasteiger partial charge in [0.05, 0.1) is 12.5 Å². The van der Waals surface area contributed by atoms with Gasteiger partial charge in [-0.25, -0.2) is 0 Å². The molecule has 0 aliphatic rings. The maximum absolute atomic E-state index is 11.7. The monoisotopic (exact) mass is 309 g/mol. The largest absolute Gasteiger partial charge is 0.490 e. The van der Waals surface area contributed by atoms with Crippen molar-refractivity contribution < 1.29 is 24.2 Å². The molecular weight excluding hydrogens is 286 g/mol. The number of amides is 1. The van der Waals surface area contributed by atoms with Gasteiger partial charge in [0.1, 0.15) is 0 Å². The van der Waals surface area contributed by atoms with Crippen LogP contribution in [-0.4, -0.2) is 36.7 Å². The molecule has 0 aromatic heterocycles. The summed E-state index contributed by atoms with van der Waals surface area (Å²) < 4.78 is 10.8. The van der Waals surface area contributed by atoms with E-state index in [1.807, 2.05) is 19.9 Å². The molecule has 1 amide bonds. The molecule has 0 aliphatic carbocycles. The van der Waals surface area contributed by atoms with Crippen molar-refractivity contribution in [3.05, 3.63) is 24.3 Å². The molecule has 22 heavy (non-hydrogen) atoms. The number of carboxylic acids is 1. The lowest BCUT2D eigenvalue weighted by Gasteiger charge is -2.14. The van der Waals surface area contributed by atoms with Crippen LogP contribution in [0.2, 0.25) is 0 Å². The number of carbonyl (C=O) groups excluding carboxylic acids is 1. The maximum atomic E-state index is 11.7. The molecule has 0 saturated carbocycles. The van der Waals surface area contributed by atoms with Crippen LogP contribution >= 0.6 is 0 Å². The van der Waals surface area contributed by atoms with E-state index in [0.29, 0.717) is 24.5 Å². The first-order chi connectivity index (χ1) is 10.6. The lowest BCUT2D eigenvalue weighted by atomic mass is 10.0. The Morgan fingerprint density at radius 2 is 1.82 bits per heavy atom. The summed E-state index contributed by atoms with van der Waals surface area (Å²) in [6.45, 7) is 4.21. The quantitative estimate of drug-likeness (QED) is 0.691. The first-order valence-electron chi connectivity index (χ1n) is 7.42. The highest BCUT2D eigenvalue weighted by molar-refractivity contribution is 5.78. The van der Waals surface area contributed by atoms with Gasteiger partial charge < -0.3 is 19.9 Å². The number of rotatable bonds is 10. The van der Waals surface area contributed by atoms with E-state index in [4.69, 9.17) is 14.6 Å². The Morgan fingerprint density at radius 1 is 1.18 bits per heavy atom. The number of para-hydroxylation sites is 2. The van der Waals surface area contributed by atoms with Crippen molar-refractivity contribution in [1.82, 2.24) is 5.32 Å². The average molecular weight is 309 g/mol.